The minimum absolute atomic E-state index is 0.0220. The quantitative estimate of drug-likeness (QED) is 0.317. The molecule has 4 aromatic rings. The van der Waals surface area contributed by atoms with E-state index in [0.29, 0.717) is 42.2 Å². The van der Waals surface area contributed by atoms with E-state index in [9.17, 15) is 14.9 Å². The van der Waals surface area contributed by atoms with E-state index in [2.05, 4.69) is 15.2 Å². The number of amides is 1. The van der Waals surface area contributed by atoms with Crippen molar-refractivity contribution in [3.05, 3.63) is 94.2 Å². The average Bonchev–Trinajstić information content (AvgIpc) is 3.58. The third-order valence-electron chi connectivity index (χ3n) is 6.00. The highest BCUT2D eigenvalue weighted by molar-refractivity contribution is 6.00. The molecule has 34 heavy (non-hydrogen) atoms. The summed E-state index contributed by atoms with van der Waals surface area (Å²) < 4.78 is 7.20. The van der Waals surface area contributed by atoms with E-state index in [1.54, 1.807) is 30.6 Å². The highest BCUT2D eigenvalue weighted by Crippen LogP contribution is 2.43. The average molecular weight is 458 g/mol. The van der Waals surface area contributed by atoms with Crippen LogP contribution in [0.4, 0.5) is 5.69 Å². The number of nitrogens with one attached hydrogen (secondary N) is 1. The number of imidazole rings is 1. The summed E-state index contributed by atoms with van der Waals surface area (Å²) in [6.07, 6.45) is 6.02. The Kier molecular flexibility index (Phi) is 5.54. The number of aryl methyl sites for hydroxylation is 1. The summed E-state index contributed by atoms with van der Waals surface area (Å²) >= 11 is 0. The number of nitro groups is 1. The topological polar surface area (TPSA) is 119 Å². The van der Waals surface area contributed by atoms with E-state index >= 15 is 0 Å². The molecule has 0 saturated heterocycles. The Morgan fingerprint density at radius 3 is 2.71 bits per heavy atom. The van der Waals surface area contributed by atoms with Crippen LogP contribution in [0.3, 0.4) is 0 Å². The third kappa shape index (κ3) is 3.79. The highest BCUT2D eigenvalue weighted by atomic mass is 16.6. The number of fused-ring (bicyclic) bond motifs is 1. The van der Waals surface area contributed by atoms with Crippen molar-refractivity contribution in [2.75, 3.05) is 13.7 Å². The number of nitro benzene ring substituents is 1. The van der Waals surface area contributed by atoms with Crippen molar-refractivity contribution in [3.63, 3.8) is 0 Å². The molecule has 10 heteroatoms. The molecule has 1 atom stereocenters. The fraction of sp³-hybridized carbons (Fsp3) is 0.208. The summed E-state index contributed by atoms with van der Waals surface area (Å²) in [5.74, 6) is 0.535. The molecule has 2 aromatic heterocycles. The molecule has 1 aliphatic rings. The molecule has 2 aromatic carbocycles. The first-order valence-electron chi connectivity index (χ1n) is 10.8. The van der Waals surface area contributed by atoms with Gasteiger partial charge in [-0.05, 0) is 36.2 Å². The van der Waals surface area contributed by atoms with Crippen LogP contribution in [0.25, 0.3) is 11.3 Å². The Labute approximate surface area is 195 Å². The van der Waals surface area contributed by atoms with Gasteiger partial charge in [0, 0.05) is 48.7 Å². The van der Waals surface area contributed by atoms with E-state index in [1.807, 2.05) is 41.1 Å². The number of methoxy groups -OCH3 is 1. The van der Waals surface area contributed by atoms with E-state index in [4.69, 9.17) is 4.74 Å². The fourth-order valence-electron chi connectivity index (χ4n) is 4.39. The van der Waals surface area contributed by atoms with Crippen LogP contribution in [0, 0.1) is 10.1 Å². The van der Waals surface area contributed by atoms with E-state index in [-0.39, 0.29) is 11.6 Å². The number of carbonyl (C=O) groups is 1. The number of aromatic amines is 1. The lowest BCUT2D eigenvalue weighted by atomic mass is 9.95. The summed E-state index contributed by atoms with van der Waals surface area (Å²) in [5, 5.41) is 18.8. The van der Waals surface area contributed by atoms with Gasteiger partial charge < -0.3 is 14.2 Å². The number of ether oxygens (including phenoxy) is 1. The summed E-state index contributed by atoms with van der Waals surface area (Å²) in [6.45, 7) is 1.16. The molecule has 10 nitrogen and oxygen atoms in total. The number of non-ortho nitro benzene ring substituents is 1. The van der Waals surface area contributed by atoms with E-state index in [1.165, 1.54) is 12.1 Å². The molecule has 0 spiro atoms. The first-order chi connectivity index (χ1) is 16.6. The number of hydrogen-bond donors (Lipinski definition) is 1. The second-order valence-electron chi connectivity index (χ2n) is 8.00. The first kappa shape index (κ1) is 21.4. The Hall–Kier alpha value is -4.47. The van der Waals surface area contributed by atoms with Crippen LogP contribution < -0.4 is 4.74 Å². The predicted molar refractivity (Wildman–Crippen MR) is 123 cm³/mol. The minimum Gasteiger partial charge on any atom is -0.497 e. The SMILES string of the molecule is COc1ccc(-c2n[nH]c3c2C(c2cccc([N+](=O)[O-])c2)N(CCCn2ccnc2)C3=O)cc1. The number of hydrogen-bond acceptors (Lipinski definition) is 6. The Bertz CT molecular complexity index is 1330. The normalized spacial score (nSPS) is 14.9. The monoisotopic (exact) mass is 458 g/mol. The highest BCUT2D eigenvalue weighted by Gasteiger charge is 2.42. The molecule has 0 radical (unpaired) electrons. The van der Waals surface area contributed by atoms with Gasteiger partial charge in [-0.15, -0.1) is 0 Å². The lowest BCUT2D eigenvalue weighted by Crippen LogP contribution is -2.31. The van der Waals surface area contributed by atoms with Crippen molar-refractivity contribution in [1.82, 2.24) is 24.6 Å². The molecule has 0 aliphatic carbocycles. The van der Waals surface area contributed by atoms with E-state index < -0.39 is 11.0 Å². The lowest BCUT2D eigenvalue weighted by molar-refractivity contribution is -0.384. The number of aromatic nitrogens is 4. The van der Waals surface area contributed by atoms with Gasteiger partial charge >= 0.3 is 0 Å². The molecule has 0 fully saturated rings. The van der Waals surface area contributed by atoms with Crippen molar-refractivity contribution >= 4 is 11.6 Å². The van der Waals surface area contributed by atoms with Crippen molar-refractivity contribution in [2.45, 2.75) is 19.0 Å². The summed E-state index contributed by atoms with van der Waals surface area (Å²) in [4.78, 5) is 30.2. The molecule has 5 rings (SSSR count). The summed E-state index contributed by atoms with van der Waals surface area (Å²) in [7, 11) is 1.60. The maximum atomic E-state index is 13.4. The molecule has 1 N–H and O–H groups in total. The van der Waals surface area contributed by atoms with E-state index in [0.717, 1.165) is 11.1 Å². The van der Waals surface area contributed by atoms with Gasteiger partial charge in [0.25, 0.3) is 11.6 Å². The van der Waals surface area contributed by atoms with Crippen LogP contribution >= 0.6 is 0 Å². The van der Waals surface area contributed by atoms with Gasteiger partial charge in [0.1, 0.15) is 11.4 Å². The van der Waals surface area contributed by atoms with Crippen LogP contribution in [0.1, 0.15) is 34.1 Å². The van der Waals surface area contributed by atoms with Crippen molar-refractivity contribution in [3.8, 4) is 17.0 Å². The Morgan fingerprint density at radius 2 is 2.00 bits per heavy atom. The number of H-pyrrole nitrogens is 1. The fourth-order valence-corrected chi connectivity index (χ4v) is 4.39. The zero-order chi connectivity index (χ0) is 23.7. The largest absolute Gasteiger partial charge is 0.497 e. The van der Waals surface area contributed by atoms with Crippen LogP contribution in [-0.2, 0) is 6.54 Å². The number of benzene rings is 2. The first-order valence-corrected chi connectivity index (χ1v) is 10.8. The van der Waals surface area contributed by atoms with Crippen LogP contribution in [0.5, 0.6) is 5.75 Å². The third-order valence-corrected chi connectivity index (χ3v) is 6.00. The zero-order valence-corrected chi connectivity index (χ0v) is 18.4. The van der Waals surface area contributed by atoms with Gasteiger partial charge in [0.15, 0.2) is 0 Å². The Balaban J connectivity index is 1.55. The molecule has 172 valence electrons. The van der Waals surface area contributed by atoms with Gasteiger partial charge in [-0.1, -0.05) is 12.1 Å². The van der Waals surface area contributed by atoms with Crippen molar-refractivity contribution in [1.29, 1.82) is 0 Å². The van der Waals surface area contributed by atoms with Gasteiger partial charge in [0.05, 0.1) is 30.1 Å². The zero-order valence-electron chi connectivity index (χ0n) is 18.4. The van der Waals surface area contributed by atoms with Crippen LogP contribution in [0.15, 0.2) is 67.3 Å². The standard InChI is InChI=1S/C24H22N6O4/c1-34-19-8-6-16(7-9-19)21-20-22(27-26-21)24(31)29(12-3-11-28-13-10-25-15-28)23(20)17-4-2-5-18(14-17)30(32)33/h2,4-10,13-15,23H,3,11-12H2,1H3,(H,26,27). The molecule has 3 heterocycles. The van der Waals surface area contributed by atoms with Crippen LogP contribution in [0.2, 0.25) is 0 Å². The minimum atomic E-state index is -0.499. The van der Waals surface area contributed by atoms with Gasteiger partial charge in [-0.3, -0.25) is 20.0 Å². The molecular formula is C24H22N6O4. The second-order valence-corrected chi connectivity index (χ2v) is 8.00. The van der Waals surface area contributed by atoms with Gasteiger partial charge in [-0.2, -0.15) is 5.10 Å². The maximum Gasteiger partial charge on any atom is 0.273 e. The maximum absolute atomic E-state index is 13.4. The number of nitrogens with zero attached hydrogens (tertiary/aromatic N) is 5. The number of carbonyl (C=O) groups excluding carboxylic acids is 1. The summed E-state index contributed by atoms with van der Waals surface area (Å²) in [5.41, 5.74) is 3.23. The smallest absolute Gasteiger partial charge is 0.273 e. The number of rotatable bonds is 8. The molecule has 1 aliphatic heterocycles. The molecule has 1 amide bonds. The molecule has 0 bridgehead atoms. The van der Waals surface area contributed by atoms with Crippen molar-refractivity contribution in [2.24, 2.45) is 0 Å². The Morgan fingerprint density at radius 1 is 1.18 bits per heavy atom. The summed E-state index contributed by atoms with van der Waals surface area (Å²) in [6, 6.07) is 13.4. The van der Waals surface area contributed by atoms with Gasteiger partial charge in [-0.25, -0.2) is 4.98 Å². The lowest BCUT2D eigenvalue weighted by Gasteiger charge is -2.26. The molecular weight excluding hydrogens is 436 g/mol. The predicted octanol–water partition coefficient (Wildman–Crippen LogP) is 3.83. The second kappa shape index (κ2) is 8.81. The molecule has 1 unspecified atom stereocenters. The van der Waals surface area contributed by atoms with Crippen molar-refractivity contribution < 1.29 is 14.5 Å². The van der Waals surface area contributed by atoms with Crippen LogP contribution in [-0.4, -0.2) is 49.1 Å². The van der Waals surface area contributed by atoms with Gasteiger partial charge in [0.2, 0.25) is 0 Å². The molecule has 0 saturated carbocycles.